The van der Waals surface area contributed by atoms with E-state index in [2.05, 4.69) is 4.99 Å². The summed E-state index contributed by atoms with van der Waals surface area (Å²) in [4.78, 5) is 5.86. The Bertz CT molecular complexity index is 528. The summed E-state index contributed by atoms with van der Waals surface area (Å²) in [7, 11) is 1.84. The summed E-state index contributed by atoms with van der Waals surface area (Å²) in [6.07, 6.45) is 0. The highest BCUT2D eigenvalue weighted by Crippen LogP contribution is 2.32. The van der Waals surface area contributed by atoms with Crippen molar-refractivity contribution < 1.29 is 0 Å². The number of halogens is 3. The van der Waals surface area contributed by atoms with Crippen LogP contribution in [0.25, 0.3) is 5.57 Å². The van der Waals surface area contributed by atoms with Gasteiger partial charge in [0, 0.05) is 24.7 Å². The zero-order valence-electron chi connectivity index (χ0n) is 9.65. The quantitative estimate of drug-likeness (QED) is 0.714. The zero-order valence-corrected chi connectivity index (χ0v) is 13.5. The van der Waals surface area contributed by atoms with Crippen LogP contribution >= 0.6 is 47.2 Å². The Hall–Kier alpha value is -0.660. The van der Waals surface area contributed by atoms with Crippen molar-refractivity contribution in [1.82, 2.24) is 4.90 Å². The molecular weight excluding hydrogens is 386 g/mol. The minimum Gasteiger partial charge on any atom is -0.383 e. The molecule has 0 atom stereocenters. The number of hydrogen-bond acceptors (Lipinski definition) is 4. The van der Waals surface area contributed by atoms with Gasteiger partial charge in [-0.2, -0.15) is 4.99 Å². The molecule has 0 unspecified atom stereocenters. The van der Waals surface area contributed by atoms with Gasteiger partial charge in [-0.15, -0.1) is 24.0 Å². The lowest BCUT2D eigenvalue weighted by atomic mass is 10.0. The minimum absolute atomic E-state index is 0. The van der Waals surface area contributed by atoms with Gasteiger partial charge in [-0.25, -0.2) is 0 Å². The van der Waals surface area contributed by atoms with Gasteiger partial charge in [0.1, 0.15) is 5.82 Å². The minimum atomic E-state index is 0. The van der Waals surface area contributed by atoms with Crippen molar-refractivity contribution in [3.8, 4) is 0 Å². The largest absolute Gasteiger partial charge is 0.383 e. The first-order valence-electron chi connectivity index (χ1n) is 4.99. The van der Waals surface area contributed by atoms with Crippen LogP contribution in [0.3, 0.4) is 0 Å². The van der Waals surface area contributed by atoms with Crippen LogP contribution in [0.2, 0.25) is 10.0 Å². The van der Waals surface area contributed by atoms with Gasteiger partial charge in [0.25, 0.3) is 0 Å². The van der Waals surface area contributed by atoms with E-state index >= 15 is 0 Å². The molecule has 0 radical (unpaired) electrons. The molecule has 0 aromatic heterocycles. The van der Waals surface area contributed by atoms with Gasteiger partial charge < -0.3 is 16.4 Å². The van der Waals surface area contributed by atoms with Crippen molar-refractivity contribution >= 4 is 58.7 Å². The maximum absolute atomic E-state index is 6.16. The summed E-state index contributed by atoms with van der Waals surface area (Å²) in [6.45, 7) is 0.557. The highest BCUT2D eigenvalue weighted by Gasteiger charge is 2.19. The molecule has 0 saturated heterocycles. The second kappa shape index (κ2) is 5.99. The lowest BCUT2D eigenvalue weighted by Crippen LogP contribution is -2.38. The molecule has 4 N–H and O–H groups in total. The van der Waals surface area contributed by atoms with Crippen LogP contribution in [0.4, 0.5) is 0 Å². The smallest absolute Gasteiger partial charge is 0.197 e. The van der Waals surface area contributed by atoms with Crippen molar-refractivity contribution in [2.75, 3.05) is 13.6 Å². The number of guanidine groups is 1. The summed E-state index contributed by atoms with van der Waals surface area (Å²) in [5.41, 5.74) is 13.2. The Morgan fingerprint density at radius 2 is 1.94 bits per heavy atom. The Kier molecular flexibility index (Phi) is 5.12. The fraction of sp³-hybridized carbons (Fsp3) is 0.182. The van der Waals surface area contributed by atoms with Crippen LogP contribution in [0.15, 0.2) is 29.0 Å². The maximum atomic E-state index is 6.16. The standard InChI is InChI=1S/C11H12Cl2N4.HI/c1-17-5-7(10(14)16-11(17)15)6-3-2-4-8(12)9(6)13;/h2-4H,5,14H2,1H3,(H2,15,16);1H. The van der Waals surface area contributed by atoms with E-state index in [0.29, 0.717) is 28.4 Å². The Labute approximate surface area is 133 Å². The zero-order chi connectivity index (χ0) is 12.6. The lowest BCUT2D eigenvalue weighted by Gasteiger charge is -2.25. The summed E-state index contributed by atoms with van der Waals surface area (Å²) >= 11 is 12.1. The van der Waals surface area contributed by atoms with Gasteiger partial charge in [0.2, 0.25) is 0 Å². The van der Waals surface area contributed by atoms with Gasteiger partial charge in [-0.1, -0.05) is 35.3 Å². The van der Waals surface area contributed by atoms with Gasteiger partial charge in [-0.3, -0.25) is 0 Å². The van der Waals surface area contributed by atoms with Gasteiger partial charge >= 0.3 is 0 Å². The third-order valence-corrected chi connectivity index (χ3v) is 3.43. The molecule has 0 fully saturated rings. The second-order valence-electron chi connectivity index (χ2n) is 3.79. The average Bonchev–Trinajstić information content (AvgIpc) is 2.28. The van der Waals surface area contributed by atoms with E-state index in [1.165, 1.54) is 0 Å². The molecule has 1 aromatic carbocycles. The van der Waals surface area contributed by atoms with Crippen LogP contribution in [-0.2, 0) is 0 Å². The molecule has 0 aliphatic carbocycles. The number of nitrogens with zero attached hydrogens (tertiary/aromatic N) is 2. The molecule has 1 aliphatic heterocycles. The van der Waals surface area contributed by atoms with E-state index in [1.54, 1.807) is 11.0 Å². The highest BCUT2D eigenvalue weighted by molar-refractivity contribution is 14.0. The highest BCUT2D eigenvalue weighted by atomic mass is 127. The fourth-order valence-corrected chi connectivity index (χ4v) is 2.05. The summed E-state index contributed by atoms with van der Waals surface area (Å²) in [6, 6.07) is 5.42. The van der Waals surface area contributed by atoms with Crippen molar-refractivity contribution in [3.05, 3.63) is 39.6 Å². The summed E-state index contributed by atoms with van der Waals surface area (Å²) < 4.78 is 0. The first kappa shape index (κ1) is 15.4. The SMILES string of the molecule is CN1CC(c2cccc(Cl)c2Cl)=C(N)N=C1N.I. The molecule has 18 heavy (non-hydrogen) atoms. The molecule has 2 rings (SSSR count). The Morgan fingerprint density at radius 3 is 2.61 bits per heavy atom. The number of likely N-dealkylation sites (N-methyl/N-ethyl adjacent to an activating group) is 1. The topological polar surface area (TPSA) is 67.6 Å². The van der Waals surface area contributed by atoms with Gasteiger partial charge in [0.05, 0.1) is 10.0 Å². The molecule has 4 nitrogen and oxygen atoms in total. The number of benzene rings is 1. The van der Waals surface area contributed by atoms with Crippen molar-refractivity contribution in [1.29, 1.82) is 0 Å². The summed E-state index contributed by atoms with van der Waals surface area (Å²) in [5.74, 6) is 0.772. The first-order chi connectivity index (χ1) is 8.00. The molecule has 1 aliphatic rings. The van der Waals surface area contributed by atoms with E-state index < -0.39 is 0 Å². The van der Waals surface area contributed by atoms with Crippen molar-refractivity contribution in [2.45, 2.75) is 0 Å². The predicted molar refractivity (Wildman–Crippen MR) is 87.2 cm³/mol. The van der Waals surface area contributed by atoms with Gasteiger partial charge in [-0.05, 0) is 6.07 Å². The Balaban J connectivity index is 0.00000162. The predicted octanol–water partition coefficient (Wildman–Crippen LogP) is 2.50. The van der Waals surface area contributed by atoms with E-state index in [0.717, 1.165) is 11.1 Å². The van der Waals surface area contributed by atoms with E-state index in [9.17, 15) is 0 Å². The van der Waals surface area contributed by atoms with Gasteiger partial charge in [0.15, 0.2) is 5.96 Å². The lowest BCUT2D eigenvalue weighted by molar-refractivity contribution is 0.553. The first-order valence-corrected chi connectivity index (χ1v) is 5.74. The van der Waals surface area contributed by atoms with Crippen LogP contribution in [0.1, 0.15) is 5.56 Å². The van der Waals surface area contributed by atoms with E-state index in [1.807, 2.05) is 19.2 Å². The van der Waals surface area contributed by atoms with E-state index in [-0.39, 0.29) is 24.0 Å². The maximum Gasteiger partial charge on any atom is 0.197 e. The van der Waals surface area contributed by atoms with Crippen LogP contribution < -0.4 is 11.5 Å². The molecule has 7 heteroatoms. The number of hydrogen-bond donors (Lipinski definition) is 2. The third kappa shape index (κ3) is 2.84. The molecule has 1 aromatic rings. The molecule has 0 spiro atoms. The second-order valence-corrected chi connectivity index (χ2v) is 4.58. The molecule has 98 valence electrons. The average molecular weight is 399 g/mol. The normalized spacial score (nSPS) is 15.3. The number of rotatable bonds is 1. The monoisotopic (exact) mass is 398 g/mol. The number of nitrogens with two attached hydrogens (primary N) is 2. The Morgan fingerprint density at radius 1 is 1.28 bits per heavy atom. The number of aliphatic imine (C=N–C) groups is 1. The fourth-order valence-electron chi connectivity index (χ4n) is 1.64. The van der Waals surface area contributed by atoms with Crippen LogP contribution in [0, 0.1) is 0 Å². The van der Waals surface area contributed by atoms with Crippen molar-refractivity contribution in [3.63, 3.8) is 0 Å². The molecule has 0 amide bonds. The summed E-state index contributed by atoms with van der Waals surface area (Å²) in [5, 5.41) is 0.978. The van der Waals surface area contributed by atoms with E-state index in [4.69, 9.17) is 34.7 Å². The molecule has 0 saturated carbocycles. The molecule has 0 bridgehead atoms. The third-order valence-electron chi connectivity index (χ3n) is 2.61. The van der Waals surface area contributed by atoms with Crippen LogP contribution in [-0.4, -0.2) is 24.5 Å². The van der Waals surface area contributed by atoms with Crippen LogP contribution in [0.5, 0.6) is 0 Å². The molecular formula is C11H13Cl2IN4. The molecule has 1 heterocycles. The van der Waals surface area contributed by atoms with Crippen molar-refractivity contribution in [2.24, 2.45) is 16.5 Å².